The summed E-state index contributed by atoms with van der Waals surface area (Å²) in [5, 5.41) is 11.4. The van der Waals surface area contributed by atoms with Gasteiger partial charge in [-0.15, -0.1) is 0 Å². The van der Waals surface area contributed by atoms with Crippen LogP contribution in [0.3, 0.4) is 0 Å². The number of carboxylic acid groups (broad SMARTS) is 1. The highest BCUT2D eigenvalue weighted by Gasteiger charge is 2.29. The summed E-state index contributed by atoms with van der Waals surface area (Å²) in [5.41, 5.74) is 0. The highest BCUT2D eigenvalue weighted by molar-refractivity contribution is 5.80. The molecule has 1 aliphatic carbocycles. The van der Waals surface area contributed by atoms with E-state index in [1.165, 1.54) is 14.2 Å². The van der Waals surface area contributed by atoms with Gasteiger partial charge in [0.15, 0.2) is 0 Å². The topological polar surface area (TPSA) is 84.9 Å². The SMILES string of the molecule is COC(=O)N[C@@H](C(=O)O)C1C=C(OC)C=CC1. The minimum Gasteiger partial charge on any atom is -0.497 e. The summed E-state index contributed by atoms with van der Waals surface area (Å²) in [6.07, 6.45) is 4.99. The molecule has 1 amide bonds. The zero-order chi connectivity index (χ0) is 12.8. The highest BCUT2D eigenvalue weighted by atomic mass is 16.5. The summed E-state index contributed by atoms with van der Waals surface area (Å²) in [6.45, 7) is 0. The second-order valence-electron chi connectivity index (χ2n) is 3.53. The number of amides is 1. The first-order valence-electron chi connectivity index (χ1n) is 5.08. The van der Waals surface area contributed by atoms with Crippen LogP contribution in [-0.2, 0) is 14.3 Å². The van der Waals surface area contributed by atoms with Gasteiger partial charge >= 0.3 is 12.1 Å². The maximum Gasteiger partial charge on any atom is 0.407 e. The lowest BCUT2D eigenvalue weighted by molar-refractivity contribution is -0.140. The van der Waals surface area contributed by atoms with Crippen LogP contribution in [0.1, 0.15) is 6.42 Å². The molecule has 0 spiro atoms. The largest absolute Gasteiger partial charge is 0.497 e. The van der Waals surface area contributed by atoms with E-state index in [4.69, 9.17) is 9.84 Å². The van der Waals surface area contributed by atoms with Gasteiger partial charge in [-0.25, -0.2) is 9.59 Å². The van der Waals surface area contributed by atoms with Gasteiger partial charge in [-0.2, -0.15) is 0 Å². The third kappa shape index (κ3) is 3.51. The van der Waals surface area contributed by atoms with E-state index in [2.05, 4.69) is 10.1 Å². The van der Waals surface area contributed by atoms with Crippen molar-refractivity contribution in [1.82, 2.24) is 5.32 Å². The summed E-state index contributed by atoms with van der Waals surface area (Å²) < 4.78 is 9.41. The molecule has 6 nitrogen and oxygen atoms in total. The molecular formula is C11H15NO5. The molecule has 0 radical (unpaired) electrons. The molecule has 1 unspecified atom stereocenters. The number of hydrogen-bond donors (Lipinski definition) is 2. The average Bonchev–Trinajstić information content (AvgIpc) is 2.35. The van der Waals surface area contributed by atoms with Crippen LogP contribution in [0.4, 0.5) is 4.79 Å². The van der Waals surface area contributed by atoms with Crippen molar-refractivity contribution in [2.45, 2.75) is 12.5 Å². The quantitative estimate of drug-likeness (QED) is 0.763. The number of aliphatic carboxylic acids is 1. The predicted molar refractivity (Wildman–Crippen MR) is 59.3 cm³/mol. The van der Waals surface area contributed by atoms with Crippen LogP contribution >= 0.6 is 0 Å². The van der Waals surface area contributed by atoms with Crippen molar-refractivity contribution >= 4 is 12.1 Å². The number of nitrogens with one attached hydrogen (secondary N) is 1. The molecule has 0 aromatic rings. The van der Waals surface area contributed by atoms with Crippen LogP contribution in [0.15, 0.2) is 24.0 Å². The molecule has 0 heterocycles. The van der Waals surface area contributed by atoms with E-state index in [1.807, 2.05) is 0 Å². The van der Waals surface area contributed by atoms with Crippen LogP contribution in [0, 0.1) is 5.92 Å². The minimum atomic E-state index is -1.11. The third-order valence-electron chi connectivity index (χ3n) is 2.46. The molecule has 1 aliphatic rings. The maximum atomic E-state index is 11.1. The lowest BCUT2D eigenvalue weighted by Gasteiger charge is -2.23. The van der Waals surface area contributed by atoms with Gasteiger partial charge in [-0.1, -0.05) is 6.08 Å². The Labute approximate surface area is 98.9 Å². The first-order valence-corrected chi connectivity index (χ1v) is 5.08. The van der Waals surface area contributed by atoms with Gasteiger partial charge in [-0.05, 0) is 18.6 Å². The number of ether oxygens (including phenoxy) is 2. The summed E-state index contributed by atoms with van der Waals surface area (Å²) in [5.74, 6) is -0.881. The highest BCUT2D eigenvalue weighted by Crippen LogP contribution is 2.20. The van der Waals surface area contributed by atoms with Crippen LogP contribution < -0.4 is 5.32 Å². The van der Waals surface area contributed by atoms with E-state index in [0.29, 0.717) is 12.2 Å². The van der Waals surface area contributed by atoms with E-state index in [1.54, 1.807) is 18.2 Å². The molecule has 0 bridgehead atoms. The first-order chi connectivity index (χ1) is 8.08. The Bertz CT molecular complexity index is 361. The lowest BCUT2D eigenvalue weighted by atomic mass is 9.92. The van der Waals surface area contributed by atoms with Gasteiger partial charge in [0.05, 0.1) is 14.2 Å². The molecule has 17 heavy (non-hydrogen) atoms. The summed E-state index contributed by atoms with van der Waals surface area (Å²) in [4.78, 5) is 22.1. The second-order valence-corrected chi connectivity index (χ2v) is 3.53. The number of allylic oxidation sites excluding steroid dienone is 2. The number of carboxylic acids is 1. The number of alkyl carbamates (subject to hydrolysis) is 1. The fraction of sp³-hybridized carbons (Fsp3) is 0.455. The van der Waals surface area contributed by atoms with Crippen molar-refractivity contribution in [3.63, 3.8) is 0 Å². The third-order valence-corrected chi connectivity index (χ3v) is 2.46. The molecule has 0 saturated heterocycles. The van der Waals surface area contributed by atoms with Gasteiger partial charge in [-0.3, -0.25) is 0 Å². The van der Waals surface area contributed by atoms with E-state index < -0.39 is 18.1 Å². The van der Waals surface area contributed by atoms with Crippen LogP contribution in [0.5, 0.6) is 0 Å². The molecule has 1 rings (SSSR count). The number of carbonyl (C=O) groups excluding carboxylic acids is 1. The van der Waals surface area contributed by atoms with Gasteiger partial charge in [0, 0.05) is 5.92 Å². The lowest BCUT2D eigenvalue weighted by Crippen LogP contribution is -2.45. The predicted octanol–water partition coefficient (Wildman–Crippen LogP) is 0.902. The Kier molecular flexibility index (Phi) is 4.56. The molecule has 0 fully saturated rings. The summed E-state index contributed by atoms with van der Waals surface area (Å²) in [6, 6.07) is -1.03. The minimum absolute atomic E-state index is 0.355. The zero-order valence-electron chi connectivity index (χ0n) is 9.67. The Hall–Kier alpha value is -1.98. The molecule has 2 N–H and O–H groups in total. The van der Waals surface area contributed by atoms with Crippen molar-refractivity contribution in [3.05, 3.63) is 24.0 Å². The number of methoxy groups -OCH3 is 2. The number of hydrogen-bond acceptors (Lipinski definition) is 4. The summed E-state index contributed by atoms with van der Waals surface area (Å²) in [7, 11) is 2.69. The molecule has 0 aromatic heterocycles. The molecule has 2 atom stereocenters. The normalized spacial score (nSPS) is 20.1. The van der Waals surface area contributed by atoms with Crippen molar-refractivity contribution < 1.29 is 24.2 Å². The van der Waals surface area contributed by atoms with Crippen molar-refractivity contribution in [3.8, 4) is 0 Å². The Morgan fingerprint density at radius 3 is 2.76 bits per heavy atom. The first kappa shape index (κ1) is 13.1. The van der Waals surface area contributed by atoms with E-state index in [-0.39, 0.29) is 5.92 Å². The van der Waals surface area contributed by atoms with E-state index in [0.717, 1.165) is 0 Å². The standard InChI is InChI=1S/C11H15NO5/c1-16-8-5-3-4-7(6-8)9(10(13)14)12-11(15)17-2/h3,5-7,9H,4H2,1-2H3,(H,12,15)(H,13,14)/t7?,9-/m1/s1. The van der Waals surface area contributed by atoms with Crippen molar-refractivity contribution in [1.29, 1.82) is 0 Å². The van der Waals surface area contributed by atoms with Crippen LogP contribution in [0.2, 0.25) is 0 Å². The molecular weight excluding hydrogens is 226 g/mol. The van der Waals surface area contributed by atoms with Crippen molar-refractivity contribution in [2.24, 2.45) is 5.92 Å². The van der Waals surface area contributed by atoms with E-state index in [9.17, 15) is 9.59 Å². The van der Waals surface area contributed by atoms with E-state index >= 15 is 0 Å². The Morgan fingerprint density at radius 2 is 2.24 bits per heavy atom. The smallest absolute Gasteiger partial charge is 0.407 e. The zero-order valence-corrected chi connectivity index (χ0v) is 9.67. The Balaban J connectivity index is 2.78. The van der Waals surface area contributed by atoms with Gasteiger partial charge < -0.3 is 19.9 Å². The summed E-state index contributed by atoms with van der Waals surface area (Å²) >= 11 is 0. The maximum absolute atomic E-state index is 11.1. The molecule has 94 valence electrons. The number of rotatable bonds is 4. The van der Waals surface area contributed by atoms with Crippen molar-refractivity contribution in [2.75, 3.05) is 14.2 Å². The fourth-order valence-corrected chi connectivity index (χ4v) is 1.58. The molecule has 0 saturated carbocycles. The molecule has 6 heteroatoms. The Morgan fingerprint density at radius 1 is 1.53 bits per heavy atom. The monoisotopic (exact) mass is 241 g/mol. The molecule has 0 aliphatic heterocycles. The van der Waals surface area contributed by atoms with Gasteiger partial charge in [0.2, 0.25) is 0 Å². The number of carbonyl (C=O) groups is 2. The van der Waals surface area contributed by atoms with Gasteiger partial charge in [0.1, 0.15) is 11.8 Å². The second kappa shape index (κ2) is 5.93. The average molecular weight is 241 g/mol. The fourth-order valence-electron chi connectivity index (χ4n) is 1.58. The van der Waals surface area contributed by atoms with Crippen LogP contribution in [-0.4, -0.2) is 37.4 Å². The van der Waals surface area contributed by atoms with Crippen LogP contribution in [0.25, 0.3) is 0 Å². The molecule has 0 aromatic carbocycles. The van der Waals surface area contributed by atoms with Gasteiger partial charge in [0.25, 0.3) is 0 Å².